The second-order valence-corrected chi connectivity index (χ2v) is 3.65. The fraction of sp³-hybridized carbons (Fsp3) is 0.462. The standard InChI is InChI=1S/C13H20N2O3/c1-3-17-11-4-6-12(7-5-11)18-10-13(16)15-9-8-14-2/h4-7,14H,3,8-10H2,1-2H3,(H,15,16). The zero-order chi connectivity index (χ0) is 13.2. The maximum Gasteiger partial charge on any atom is 0.257 e. The van der Waals surface area contributed by atoms with E-state index in [4.69, 9.17) is 9.47 Å². The molecule has 0 atom stereocenters. The van der Waals surface area contributed by atoms with Crippen molar-refractivity contribution in [2.75, 3.05) is 33.4 Å². The van der Waals surface area contributed by atoms with Crippen LogP contribution in [0, 0.1) is 0 Å². The van der Waals surface area contributed by atoms with Gasteiger partial charge in [0.2, 0.25) is 0 Å². The zero-order valence-corrected chi connectivity index (χ0v) is 10.9. The Labute approximate surface area is 107 Å². The summed E-state index contributed by atoms with van der Waals surface area (Å²) in [6, 6.07) is 7.20. The molecular formula is C13H20N2O3. The number of ether oxygens (including phenoxy) is 2. The lowest BCUT2D eigenvalue weighted by molar-refractivity contribution is -0.123. The van der Waals surface area contributed by atoms with Crippen LogP contribution in [0.25, 0.3) is 0 Å². The van der Waals surface area contributed by atoms with Crippen LogP contribution in [0.3, 0.4) is 0 Å². The van der Waals surface area contributed by atoms with Gasteiger partial charge in [-0.05, 0) is 38.2 Å². The lowest BCUT2D eigenvalue weighted by Gasteiger charge is -2.08. The van der Waals surface area contributed by atoms with Crippen molar-refractivity contribution in [3.05, 3.63) is 24.3 Å². The molecule has 0 spiro atoms. The Hall–Kier alpha value is -1.75. The van der Waals surface area contributed by atoms with E-state index >= 15 is 0 Å². The van der Waals surface area contributed by atoms with Crippen molar-refractivity contribution in [1.82, 2.24) is 10.6 Å². The molecule has 1 aromatic carbocycles. The van der Waals surface area contributed by atoms with E-state index < -0.39 is 0 Å². The molecular weight excluding hydrogens is 232 g/mol. The van der Waals surface area contributed by atoms with Crippen LogP contribution < -0.4 is 20.1 Å². The molecule has 0 aliphatic carbocycles. The molecule has 0 saturated heterocycles. The van der Waals surface area contributed by atoms with Gasteiger partial charge in [-0.2, -0.15) is 0 Å². The molecule has 2 N–H and O–H groups in total. The van der Waals surface area contributed by atoms with Gasteiger partial charge in [0.15, 0.2) is 6.61 Å². The molecule has 0 unspecified atom stereocenters. The molecule has 0 radical (unpaired) electrons. The summed E-state index contributed by atoms with van der Waals surface area (Å²) < 4.78 is 10.7. The second-order valence-electron chi connectivity index (χ2n) is 3.65. The summed E-state index contributed by atoms with van der Waals surface area (Å²) in [5, 5.41) is 5.68. The molecule has 0 aliphatic rings. The van der Waals surface area contributed by atoms with Gasteiger partial charge in [0.1, 0.15) is 11.5 Å². The molecule has 1 amide bonds. The van der Waals surface area contributed by atoms with Crippen LogP contribution in [-0.2, 0) is 4.79 Å². The van der Waals surface area contributed by atoms with E-state index in [1.807, 2.05) is 26.1 Å². The third-order valence-corrected chi connectivity index (χ3v) is 2.20. The molecule has 1 aromatic rings. The molecule has 0 saturated carbocycles. The van der Waals surface area contributed by atoms with Gasteiger partial charge < -0.3 is 20.1 Å². The second kappa shape index (κ2) is 8.36. The van der Waals surface area contributed by atoms with Gasteiger partial charge in [-0.1, -0.05) is 0 Å². The third kappa shape index (κ3) is 5.54. The molecule has 5 nitrogen and oxygen atoms in total. The van der Waals surface area contributed by atoms with E-state index in [1.54, 1.807) is 12.1 Å². The SMILES string of the molecule is CCOc1ccc(OCC(=O)NCCNC)cc1. The van der Waals surface area contributed by atoms with Crippen molar-refractivity contribution in [3.8, 4) is 11.5 Å². The quantitative estimate of drug-likeness (QED) is 0.672. The van der Waals surface area contributed by atoms with Gasteiger partial charge >= 0.3 is 0 Å². The number of rotatable bonds is 8. The molecule has 0 heterocycles. The van der Waals surface area contributed by atoms with Gasteiger partial charge in [-0.25, -0.2) is 0 Å². The summed E-state index contributed by atoms with van der Waals surface area (Å²) in [7, 11) is 1.84. The van der Waals surface area contributed by atoms with Crippen LogP contribution >= 0.6 is 0 Å². The Kier molecular flexibility index (Phi) is 6.64. The highest BCUT2D eigenvalue weighted by atomic mass is 16.5. The molecule has 0 bridgehead atoms. The van der Waals surface area contributed by atoms with E-state index in [1.165, 1.54) is 0 Å². The number of hydrogen-bond donors (Lipinski definition) is 2. The molecule has 5 heteroatoms. The first-order valence-electron chi connectivity index (χ1n) is 6.03. The molecule has 18 heavy (non-hydrogen) atoms. The number of benzene rings is 1. The number of carbonyl (C=O) groups is 1. The highest BCUT2D eigenvalue weighted by Crippen LogP contribution is 2.17. The Morgan fingerprint density at radius 3 is 2.28 bits per heavy atom. The van der Waals surface area contributed by atoms with Crippen LogP contribution in [-0.4, -0.2) is 39.3 Å². The first-order valence-corrected chi connectivity index (χ1v) is 6.03. The van der Waals surface area contributed by atoms with Crippen molar-refractivity contribution in [1.29, 1.82) is 0 Å². The highest BCUT2D eigenvalue weighted by Gasteiger charge is 2.02. The number of hydrogen-bond acceptors (Lipinski definition) is 4. The smallest absolute Gasteiger partial charge is 0.257 e. The Bertz CT molecular complexity index is 352. The van der Waals surface area contributed by atoms with Gasteiger partial charge in [-0.3, -0.25) is 4.79 Å². The zero-order valence-electron chi connectivity index (χ0n) is 10.9. The van der Waals surface area contributed by atoms with Crippen LogP contribution in [0.15, 0.2) is 24.3 Å². The van der Waals surface area contributed by atoms with Crippen LogP contribution in [0.2, 0.25) is 0 Å². The minimum atomic E-state index is -0.126. The first-order chi connectivity index (χ1) is 8.76. The summed E-state index contributed by atoms with van der Waals surface area (Å²) in [5.74, 6) is 1.32. The molecule has 1 rings (SSSR count). The monoisotopic (exact) mass is 252 g/mol. The van der Waals surface area contributed by atoms with Crippen LogP contribution in [0.1, 0.15) is 6.92 Å². The average molecular weight is 252 g/mol. The molecule has 0 aromatic heterocycles. The summed E-state index contributed by atoms with van der Waals surface area (Å²) in [5.41, 5.74) is 0. The van der Waals surface area contributed by atoms with Crippen molar-refractivity contribution < 1.29 is 14.3 Å². The molecule has 100 valence electrons. The Balaban J connectivity index is 2.27. The lowest BCUT2D eigenvalue weighted by Crippen LogP contribution is -2.33. The van der Waals surface area contributed by atoms with Crippen molar-refractivity contribution in [2.45, 2.75) is 6.92 Å². The number of nitrogens with one attached hydrogen (secondary N) is 2. The summed E-state index contributed by atoms with van der Waals surface area (Å²) in [4.78, 5) is 11.4. The topological polar surface area (TPSA) is 59.6 Å². The van der Waals surface area contributed by atoms with Crippen molar-refractivity contribution in [2.24, 2.45) is 0 Å². The Morgan fingerprint density at radius 1 is 1.11 bits per heavy atom. The average Bonchev–Trinajstić information content (AvgIpc) is 2.39. The Morgan fingerprint density at radius 2 is 1.72 bits per heavy atom. The first kappa shape index (κ1) is 14.3. The van der Waals surface area contributed by atoms with Gasteiger partial charge in [0.25, 0.3) is 5.91 Å². The lowest BCUT2D eigenvalue weighted by atomic mass is 10.3. The summed E-state index contributed by atoms with van der Waals surface area (Å²) in [6.45, 7) is 3.93. The van der Waals surface area contributed by atoms with E-state index in [2.05, 4.69) is 10.6 Å². The number of likely N-dealkylation sites (N-methyl/N-ethyl adjacent to an activating group) is 1. The normalized spacial score (nSPS) is 9.89. The van der Waals surface area contributed by atoms with E-state index in [9.17, 15) is 4.79 Å². The predicted octanol–water partition coefficient (Wildman–Crippen LogP) is 0.800. The largest absolute Gasteiger partial charge is 0.494 e. The number of amides is 1. The van der Waals surface area contributed by atoms with Crippen molar-refractivity contribution >= 4 is 5.91 Å². The predicted molar refractivity (Wildman–Crippen MR) is 70.0 cm³/mol. The summed E-state index contributed by atoms with van der Waals surface area (Å²) >= 11 is 0. The van der Waals surface area contributed by atoms with Gasteiger partial charge in [0, 0.05) is 13.1 Å². The minimum Gasteiger partial charge on any atom is -0.494 e. The van der Waals surface area contributed by atoms with Crippen LogP contribution in [0.4, 0.5) is 0 Å². The van der Waals surface area contributed by atoms with E-state index in [0.717, 1.165) is 12.3 Å². The molecule has 0 aliphatic heterocycles. The minimum absolute atomic E-state index is 0.0255. The third-order valence-electron chi connectivity index (χ3n) is 2.20. The van der Waals surface area contributed by atoms with Gasteiger partial charge in [-0.15, -0.1) is 0 Å². The maximum atomic E-state index is 11.4. The molecule has 0 fully saturated rings. The highest BCUT2D eigenvalue weighted by molar-refractivity contribution is 5.77. The maximum absolute atomic E-state index is 11.4. The summed E-state index contributed by atoms with van der Waals surface area (Å²) in [6.07, 6.45) is 0. The fourth-order valence-electron chi connectivity index (χ4n) is 1.33. The van der Waals surface area contributed by atoms with Crippen LogP contribution in [0.5, 0.6) is 11.5 Å². The number of carbonyl (C=O) groups excluding carboxylic acids is 1. The fourth-order valence-corrected chi connectivity index (χ4v) is 1.33. The van der Waals surface area contributed by atoms with E-state index in [0.29, 0.717) is 18.9 Å². The van der Waals surface area contributed by atoms with E-state index in [-0.39, 0.29) is 12.5 Å². The van der Waals surface area contributed by atoms with Crippen molar-refractivity contribution in [3.63, 3.8) is 0 Å². The van der Waals surface area contributed by atoms with Gasteiger partial charge in [0.05, 0.1) is 6.61 Å².